The molecule has 4 heterocycles. The zero-order chi connectivity index (χ0) is 27.8. The standard InChI is InChI=1S/C30H33N7O3/c1-20(38)36-12-10-35(11-13-36)18-21-4-3-5-22(14-21)23-6-7-27-25(15-23)26-19-37(9-8-28(26)33-27)30-31-16-24(17-32-30)29(39)34(2)40/h3-7,14-17,33,40H,8-13,18-19H2,1-2H3. The number of H-pyrrole nitrogens is 1. The Hall–Kier alpha value is -4.28. The number of benzene rings is 2. The third-order valence-corrected chi connectivity index (χ3v) is 7.92. The van der Waals surface area contributed by atoms with Gasteiger partial charge in [-0.2, -0.15) is 0 Å². The third kappa shape index (κ3) is 5.15. The number of nitrogens with zero attached hydrogens (tertiary/aromatic N) is 6. The molecule has 10 nitrogen and oxygen atoms in total. The number of hydrogen-bond acceptors (Lipinski definition) is 7. The minimum absolute atomic E-state index is 0.153. The van der Waals surface area contributed by atoms with E-state index < -0.39 is 5.91 Å². The van der Waals surface area contributed by atoms with Crippen molar-refractivity contribution in [1.82, 2.24) is 29.8 Å². The van der Waals surface area contributed by atoms with Crippen molar-refractivity contribution in [3.8, 4) is 11.1 Å². The Morgan fingerprint density at radius 3 is 2.48 bits per heavy atom. The van der Waals surface area contributed by atoms with Crippen molar-refractivity contribution in [2.75, 3.05) is 44.7 Å². The first kappa shape index (κ1) is 26.0. The lowest BCUT2D eigenvalue weighted by Gasteiger charge is -2.34. The number of carbonyl (C=O) groups excluding carboxylic acids is 2. The number of aromatic nitrogens is 3. The van der Waals surface area contributed by atoms with Crippen LogP contribution >= 0.6 is 0 Å². The van der Waals surface area contributed by atoms with Crippen LogP contribution in [0.15, 0.2) is 54.9 Å². The summed E-state index contributed by atoms with van der Waals surface area (Å²) >= 11 is 0. The van der Waals surface area contributed by atoms with E-state index in [4.69, 9.17) is 0 Å². The van der Waals surface area contributed by atoms with Crippen molar-refractivity contribution in [2.45, 2.75) is 26.4 Å². The third-order valence-electron chi connectivity index (χ3n) is 7.92. The summed E-state index contributed by atoms with van der Waals surface area (Å²) in [7, 11) is 1.28. The molecule has 0 atom stereocenters. The Kier molecular flexibility index (Phi) is 6.95. The molecule has 10 heteroatoms. The Labute approximate surface area is 232 Å². The second-order valence-electron chi connectivity index (χ2n) is 10.6. The van der Waals surface area contributed by atoms with Gasteiger partial charge in [0.05, 0.1) is 5.56 Å². The zero-order valence-corrected chi connectivity index (χ0v) is 22.8. The molecule has 2 aromatic carbocycles. The van der Waals surface area contributed by atoms with Crippen LogP contribution in [0.4, 0.5) is 5.95 Å². The molecule has 0 radical (unpaired) electrons. The summed E-state index contributed by atoms with van der Waals surface area (Å²) in [5.41, 5.74) is 7.44. The molecule has 0 saturated carbocycles. The SMILES string of the molecule is CC(=O)N1CCN(Cc2cccc(-c3ccc4[nH]c5c(c4c3)CN(c3ncc(C(=O)N(C)O)cn3)CC5)c2)CC1. The fourth-order valence-electron chi connectivity index (χ4n) is 5.67. The highest BCUT2D eigenvalue weighted by molar-refractivity contribution is 5.92. The molecule has 0 aliphatic carbocycles. The average Bonchev–Trinajstić information content (AvgIpc) is 3.34. The number of hydrogen-bond donors (Lipinski definition) is 2. The molecule has 4 aromatic rings. The molecule has 40 heavy (non-hydrogen) atoms. The summed E-state index contributed by atoms with van der Waals surface area (Å²) in [6.45, 7) is 7.30. The van der Waals surface area contributed by atoms with Gasteiger partial charge in [0.15, 0.2) is 0 Å². The number of hydroxylamine groups is 2. The maximum atomic E-state index is 12.0. The minimum atomic E-state index is -0.545. The van der Waals surface area contributed by atoms with Gasteiger partial charge in [-0.25, -0.2) is 15.0 Å². The number of rotatable bonds is 5. The van der Waals surface area contributed by atoms with Crippen molar-refractivity contribution in [3.05, 3.63) is 77.2 Å². The number of aromatic amines is 1. The molecule has 2 amide bonds. The lowest BCUT2D eigenvalue weighted by atomic mass is 9.98. The lowest BCUT2D eigenvalue weighted by molar-refractivity contribution is -0.130. The Morgan fingerprint density at radius 1 is 1.00 bits per heavy atom. The van der Waals surface area contributed by atoms with E-state index in [1.165, 1.54) is 52.8 Å². The maximum Gasteiger partial charge on any atom is 0.280 e. The summed E-state index contributed by atoms with van der Waals surface area (Å²) in [5.74, 6) is 0.168. The molecule has 2 aliphatic heterocycles. The number of nitrogens with one attached hydrogen (secondary N) is 1. The van der Waals surface area contributed by atoms with Crippen LogP contribution in [0.2, 0.25) is 0 Å². The molecular formula is C30H33N7O3. The number of anilines is 1. The lowest BCUT2D eigenvalue weighted by Crippen LogP contribution is -2.47. The van der Waals surface area contributed by atoms with E-state index in [0.717, 1.165) is 51.2 Å². The summed E-state index contributed by atoms with van der Waals surface area (Å²) in [4.78, 5) is 42.5. The van der Waals surface area contributed by atoms with Gasteiger partial charge in [0, 0.05) is 101 Å². The normalized spacial score (nSPS) is 15.8. The minimum Gasteiger partial charge on any atom is -0.358 e. The quantitative estimate of drug-likeness (QED) is 0.296. The highest BCUT2D eigenvalue weighted by Crippen LogP contribution is 2.33. The smallest absolute Gasteiger partial charge is 0.280 e. The number of fused-ring (bicyclic) bond motifs is 3. The number of amides is 2. The first-order chi connectivity index (χ1) is 19.4. The van der Waals surface area contributed by atoms with Crippen molar-refractivity contribution in [3.63, 3.8) is 0 Å². The highest BCUT2D eigenvalue weighted by atomic mass is 16.5. The van der Waals surface area contributed by atoms with Crippen LogP contribution in [0, 0.1) is 0 Å². The van der Waals surface area contributed by atoms with E-state index in [9.17, 15) is 14.8 Å². The molecule has 0 unspecified atom stereocenters. The molecular weight excluding hydrogens is 506 g/mol. The van der Waals surface area contributed by atoms with E-state index in [-0.39, 0.29) is 11.5 Å². The molecule has 206 valence electrons. The molecule has 0 spiro atoms. The number of piperazine rings is 1. The van der Waals surface area contributed by atoms with Gasteiger partial charge < -0.3 is 14.8 Å². The molecule has 2 aliphatic rings. The van der Waals surface area contributed by atoms with Crippen LogP contribution in [0.3, 0.4) is 0 Å². The van der Waals surface area contributed by atoms with E-state index in [2.05, 4.69) is 67.2 Å². The summed E-state index contributed by atoms with van der Waals surface area (Å²) in [6.07, 6.45) is 3.75. The maximum absolute atomic E-state index is 12.0. The second kappa shape index (κ2) is 10.7. The topological polar surface area (TPSA) is 109 Å². The van der Waals surface area contributed by atoms with Crippen LogP contribution in [-0.4, -0.2) is 86.6 Å². The van der Waals surface area contributed by atoms with Crippen molar-refractivity contribution in [2.24, 2.45) is 0 Å². The van der Waals surface area contributed by atoms with Crippen molar-refractivity contribution in [1.29, 1.82) is 0 Å². The first-order valence-corrected chi connectivity index (χ1v) is 13.6. The fraction of sp³-hybridized carbons (Fsp3) is 0.333. The number of carbonyl (C=O) groups is 2. The monoisotopic (exact) mass is 539 g/mol. The highest BCUT2D eigenvalue weighted by Gasteiger charge is 2.24. The van der Waals surface area contributed by atoms with E-state index >= 15 is 0 Å². The molecule has 2 aromatic heterocycles. The van der Waals surface area contributed by atoms with Gasteiger partial charge >= 0.3 is 0 Å². The van der Waals surface area contributed by atoms with Gasteiger partial charge in [0.2, 0.25) is 11.9 Å². The van der Waals surface area contributed by atoms with Crippen LogP contribution in [0.5, 0.6) is 0 Å². The van der Waals surface area contributed by atoms with Gasteiger partial charge in [-0.3, -0.25) is 19.7 Å². The fourth-order valence-corrected chi connectivity index (χ4v) is 5.67. The average molecular weight is 540 g/mol. The van der Waals surface area contributed by atoms with Gasteiger partial charge in [0.25, 0.3) is 5.91 Å². The molecule has 2 N–H and O–H groups in total. The Balaban J connectivity index is 1.21. The molecule has 1 fully saturated rings. The van der Waals surface area contributed by atoms with Gasteiger partial charge in [-0.15, -0.1) is 0 Å². The summed E-state index contributed by atoms with van der Waals surface area (Å²) in [5, 5.41) is 11.1. The van der Waals surface area contributed by atoms with Crippen LogP contribution < -0.4 is 4.90 Å². The largest absolute Gasteiger partial charge is 0.358 e. The van der Waals surface area contributed by atoms with Crippen LogP contribution in [0.1, 0.15) is 34.1 Å². The molecule has 0 bridgehead atoms. The zero-order valence-electron chi connectivity index (χ0n) is 22.8. The summed E-state index contributed by atoms with van der Waals surface area (Å²) < 4.78 is 0. The van der Waals surface area contributed by atoms with Gasteiger partial charge in [-0.1, -0.05) is 24.3 Å². The van der Waals surface area contributed by atoms with Crippen molar-refractivity contribution >= 4 is 28.7 Å². The van der Waals surface area contributed by atoms with Crippen LogP contribution in [-0.2, 0) is 24.3 Å². The van der Waals surface area contributed by atoms with E-state index in [1.807, 2.05) is 4.90 Å². The first-order valence-electron chi connectivity index (χ1n) is 13.6. The predicted molar refractivity (Wildman–Crippen MR) is 152 cm³/mol. The Morgan fingerprint density at radius 2 is 1.75 bits per heavy atom. The van der Waals surface area contributed by atoms with Gasteiger partial charge in [0.1, 0.15) is 0 Å². The Bertz CT molecular complexity index is 1560. The van der Waals surface area contributed by atoms with E-state index in [1.54, 1.807) is 6.92 Å². The molecule has 1 saturated heterocycles. The van der Waals surface area contributed by atoms with Crippen LogP contribution in [0.25, 0.3) is 22.0 Å². The second-order valence-corrected chi connectivity index (χ2v) is 10.6. The van der Waals surface area contributed by atoms with Crippen molar-refractivity contribution < 1.29 is 14.8 Å². The van der Waals surface area contributed by atoms with Gasteiger partial charge in [-0.05, 0) is 34.9 Å². The predicted octanol–water partition coefficient (Wildman–Crippen LogP) is 3.31. The molecule has 6 rings (SSSR count). The van der Waals surface area contributed by atoms with E-state index in [0.29, 0.717) is 17.6 Å². The summed E-state index contributed by atoms with van der Waals surface area (Å²) in [6, 6.07) is 15.3.